The Kier molecular flexibility index (Phi) is 16.4. The summed E-state index contributed by atoms with van der Waals surface area (Å²) in [5.74, 6) is 0. The van der Waals surface area contributed by atoms with Gasteiger partial charge in [0.2, 0.25) is 0 Å². The first kappa shape index (κ1) is 18.5. The van der Waals surface area contributed by atoms with Gasteiger partial charge in [-0.25, -0.2) is 0 Å². The number of hydrogen-bond acceptors (Lipinski definition) is 1. The Bertz CT molecular complexity index is 68.5. The summed E-state index contributed by atoms with van der Waals surface area (Å²) in [4.78, 5) is 2.46. The molecule has 64 valence electrons. The zero-order valence-corrected chi connectivity index (χ0v) is 12.8. The van der Waals surface area contributed by atoms with E-state index in [0.717, 1.165) is 6.54 Å². The standard InChI is InChI=1S/C8H19N.HI.Na/c1-6-9(7(2)3)8(4)5;;/h7-8H,6H2,1-5H3;1H;/q;;+1/p-1. The van der Waals surface area contributed by atoms with Crippen molar-refractivity contribution < 1.29 is 53.5 Å². The molecule has 0 aromatic heterocycles. The van der Waals surface area contributed by atoms with Crippen LogP contribution in [0, 0.1) is 0 Å². The third-order valence-corrected chi connectivity index (χ3v) is 1.69. The van der Waals surface area contributed by atoms with Gasteiger partial charge in [0.25, 0.3) is 0 Å². The topological polar surface area (TPSA) is 3.24 Å². The Morgan fingerprint density at radius 1 is 1.00 bits per heavy atom. The Hall–Kier alpha value is 1.69. The van der Waals surface area contributed by atoms with E-state index in [1.807, 2.05) is 0 Å². The zero-order chi connectivity index (χ0) is 7.44. The molecule has 0 aromatic rings. The molecule has 0 heterocycles. The van der Waals surface area contributed by atoms with Gasteiger partial charge in [-0.3, -0.25) is 4.90 Å². The van der Waals surface area contributed by atoms with Crippen LogP contribution >= 0.6 is 0 Å². The molecular formula is C8H19INNa. The SMILES string of the molecule is CCN(C(C)C)C(C)C.[I-].[Na+]. The molecule has 0 fully saturated rings. The van der Waals surface area contributed by atoms with Crippen molar-refractivity contribution >= 4 is 0 Å². The van der Waals surface area contributed by atoms with Crippen molar-refractivity contribution in [3.05, 3.63) is 0 Å². The van der Waals surface area contributed by atoms with Crippen LogP contribution < -0.4 is 53.5 Å². The van der Waals surface area contributed by atoms with E-state index in [1.165, 1.54) is 0 Å². The second-order valence-electron chi connectivity index (χ2n) is 3.02. The van der Waals surface area contributed by atoms with Crippen LogP contribution in [-0.4, -0.2) is 23.5 Å². The second-order valence-corrected chi connectivity index (χ2v) is 3.02. The quantitative estimate of drug-likeness (QED) is 0.377. The van der Waals surface area contributed by atoms with Crippen molar-refractivity contribution in [3.63, 3.8) is 0 Å². The molecule has 0 aliphatic carbocycles. The first-order chi connectivity index (χ1) is 4.09. The van der Waals surface area contributed by atoms with Gasteiger partial charge in [-0.05, 0) is 34.2 Å². The Morgan fingerprint density at radius 3 is 1.27 bits per heavy atom. The van der Waals surface area contributed by atoms with Gasteiger partial charge in [0, 0.05) is 12.1 Å². The number of hydrogen-bond donors (Lipinski definition) is 0. The molecule has 0 amide bonds. The Balaban J connectivity index is -0.000000320. The number of rotatable bonds is 3. The summed E-state index contributed by atoms with van der Waals surface area (Å²) < 4.78 is 0. The summed E-state index contributed by atoms with van der Waals surface area (Å²) in [5.41, 5.74) is 0. The molecule has 0 aromatic carbocycles. The van der Waals surface area contributed by atoms with Crippen LogP contribution in [0.15, 0.2) is 0 Å². The van der Waals surface area contributed by atoms with E-state index < -0.39 is 0 Å². The van der Waals surface area contributed by atoms with Gasteiger partial charge in [-0.2, -0.15) is 0 Å². The first-order valence-electron chi connectivity index (χ1n) is 3.85. The molecule has 0 rings (SSSR count). The van der Waals surface area contributed by atoms with Crippen LogP contribution in [0.1, 0.15) is 34.6 Å². The summed E-state index contributed by atoms with van der Waals surface area (Å²) in [6.45, 7) is 12.3. The third-order valence-electron chi connectivity index (χ3n) is 1.69. The molecular weight excluding hydrogens is 260 g/mol. The fraction of sp³-hybridized carbons (Fsp3) is 1.00. The third kappa shape index (κ3) is 8.03. The van der Waals surface area contributed by atoms with E-state index in [0.29, 0.717) is 12.1 Å². The summed E-state index contributed by atoms with van der Waals surface area (Å²) in [7, 11) is 0. The molecule has 0 radical (unpaired) electrons. The Labute approximate surface area is 111 Å². The van der Waals surface area contributed by atoms with Crippen LogP contribution in [0.2, 0.25) is 0 Å². The summed E-state index contributed by atoms with van der Waals surface area (Å²) in [6, 6.07) is 1.38. The normalized spacial score (nSPS) is 9.82. The molecule has 0 spiro atoms. The van der Waals surface area contributed by atoms with E-state index in [1.54, 1.807) is 0 Å². The maximum atomic E-state index is 2.46. The van der Waals surface area contributed by atoms with Crippen molar-refractivity contribution in [2.75, 3.05) is 6.54 Å². The summed E-state index contributed by atoms with van der Waals surface area (Å²) in [6.07, 6.45) is 0. The van der Waals surface area contributed by atoms with E-state index in [-0.39, 0.29) is 53.5 Å². The van der Waals surface area contributed by atoms with Gasteiger partial charge in [0.15, 0.2) is 0 Å². The molecule has 0 bridgehead atoms. The molecule has 0 unspecified atom stereocenters. The predicted octanol–water partition coefficient (Wildman–Crippen LogP) is -3.87. The average molecular weight is 279 g/mol. The fourth-order valence-electron chi connectivity index (χ4n) is 1.33. The van der Waals surface area contributed by atoms with E-state index in [2.05, 4.69) is 39.5 Å². The molecule has 1 nitrogen and oxygen atoms in total. The average Bonchev–Trinajstić information content (AvgIpc) is 1.64. The van der Waals surface area contributed by atoms with Crippen LogP contribution in [0.5, 0.6) is 0 Å². The molecule has 0 saturated carbocycles. The molecule has 0 saturated heterocycles. The van der Waals surface area contributed by atoms with Crippen molar-refractivity contribution in [1.82, 2.24) is 4.90 Å². The van der Waals surface area contributed by atoms with E-state index in [4.69, 9.17) is 0 Å². The Morgan fingerprint density at radius 2 is 1.27 bits per heavy atom. The van der Waals surface area contributed by atoms with Gasteiger partial charge in [0.1, 0.15) is 0 Å². The molecule has 0 aliphatic heterocycles. The van der Waals surface area contributed by atoms with Crippen molar-refractivity contribution in [2.24, 2.45) is 0 Å². The molecule has 0 atom stereocenters. The minimum atomic E-state index is 0. The van der Waals surface area contributed by atoms with Crippen molar-refractivity contribution in [2.45, 2.75) is 46.7 Å². The summed E-state index contributed by atoms with van der Waals surface area (Å²) >= 11 is 0. The maximum absolute atomic E-state index is 2.46. The van der Waals surface area contributed by atoms with Crippen LogP contribution in [0.25, 0.3) is 0 Å². The number of halogens is 1. The van der Waals surface area contributed by atoms with E-state index in [9.17, 15) is 0 Å². The predicted molar refractivity (Wildman–Crippen MR) is 42.7 cm³/mol. The fourth-order valence-corrected chi connectivity index (χ4v) is 1.33. The number of nitrogens with zero attached hydrogens (tertiary/aromatic N) is 1. The molecule has 11 heavy (non-hydrogen) atoms. The zero-order valence-electron chi connectivity index (χ0n) is 8.69. The van der Waals surface area contributed by atoms with Gasteiger partial charge >= 0.3 is 29.6 Å². The van der Waals surface area contributed by atoms with Gasteiger partial charge < -0.3 is 24.0 Å². The van der Waals surface area contributed by atoms with Crippen LogP contribution in [0.4, 0.5) is 0 Å². The summed E-state index contributed by atoms with van der Waals surface area (Å²) in [5, 5.41) is 0. The molecule has 0 N–H and O–H groups in total. The van der Waals surface area contributed by atoms with Crippen molar-refractivity contribution in [3.8, 4) is 0 Å². The molecule has 3 heteroatoms. The van der Waals surface area contributed by atoms with Gasteiger partial charge in [0.05, 0.1) is 0 Å². The van der Waals surface area contributed by atoms with Crippen LogP contribution in [0.3, 0.4) is 0 Å². The monoisotopic (exact) mass is 279 g/mol. The van der Waals surface area contributed by atoms with Gasteiger partial charge in [-0.1, -0.05) is 6.92 Å². The largest absolute Gasteiger partial charge is 1.00 e. The smallest absolute Gasteiger partial charge is 1.00 e. The van der Waals surface area contributed by atoms with E-state index >= 15 is 0 Å². The minimum absolute atomic E-state index is 0. The molecule has 0 aliphatic rings. The van der Waals surface area contributed by atoms with Gasteiger partial charge in [-0.15, -0.1) is 0 Å². The first-order valence-corrected chi connectivity index (χ1v) is 3.85. The van der Waals surface area contributed by atoms with Crippen LogP contribution in [-0.2, 0) is 0 Å². The minimum Gasteiger partial charge on any atom is -1.00 e. The van der Waals surface area contributed by atoms with Crippen molar-refractivity contribution in [1.29, 1.82) is 0 Å². The maximum Gasteiger partial charge on any atom is 1.00 e. The second kappa shape index (κ2) is 9.78.